The fraction of sp³-hybridized carbons (Fsp3) is 0.429. The van der Waals surface area contributed by atoms with Crippen molar-refractivity contribution in [3.63, 3.8) is 0 Å². The van der Waals surface area contributed by atoms with Crippen LogP contribution >= 0.6 is 0 Å². The van der Waals surface area contributed by atoms with Gasteiger partial charge in [-0.25, -0.2) is 4.79 Å². The largest absolute Gasteiger partial charge is 0.484 e. The number of carboxylic acids is 1. The molecule has 0 aliphatic rings. The normalized spacial score (nSPS) is 11.8. The molecule has 0 saturated carbocycles. The number of hydrogen-bond donors (Lipinski definition) is 3. The van der Waals surface area contributed by atoms with Crippen molar-refractivity contribution >= 4 is 11.9 Å². The van der Waals surface area contributed by atoms with Gasteiger partial charge in [-0.15, -0.1) is 0 Å². The fourth-order valence-electron chi connectivity index (χ4n) is 1.58. The average molecular weight is 281 g/mol. The van der Waals surface area contributed by atoms with Crippen LogP contribution in [0.25, 0.3) is 0 Å². The molecule has 1 aromatic carbocycles. The van der Waals surface area contributed by atoms with Gasteiger partial charge in [-0.3, -0.25) is 4.79 Å². The lowest BCUT2D eigenvalue weighted by Gasteiger charge is -2.14. The number of aliphatic carboxylic acids is 1. The van der Waals surface area contributed by atoms with Crippen molar-refractivity contribution in [1.82, 2.24) is 5.32 Å². The molecule has 0 fully saturated rings. The molecule has 3 N–H and O–H groups in total. The Balaban J connectivity index is 2.50. The SMILES string of the molecule is Cc1ccc(OCC(=O)NC(CCO)C(=O)O)cc1C. The van der Waals surface area contributed by atoms with Crippen molar-refractivity contribution in [2.45, 2.75) is 26.3 Å². The molecule has 0 aliphatic carbocycles. The third-order valence-corrected chi connectivity index (χ3v) is 2.90. The summed E-state index contributed by atoms with van der Waals surface area (Å²) in [6, 6.07) is 4.34. The molecule has 6 heteroatoms. The van der Waals surface area contributed by atoms with E-state index in [1.807, 2.05) is 26.0 Å². The number of ether oxygens (including phenoxy) is 1. The fourth-order valence-corrected chi connectivity index (χ4v) is 1.58. The number of amides is 1. The van der Waals surface area contributed by atoms with Crippen molar-refractivity contribution < 1.29 is 24.5 Å². The quantitative estimate of drug-likeness (QED) is 0.681. The van der Waals surface area contributed by atoms with Crippen LogP contribution in [0.5, 0.6) is 5.75 Å². The van der Waals surface area contributed by atoms with Crippen LogP contribution in [0.4, 0.5) is 0 Å². The van der Waals surface area contributed by atoms with Crippen LogP contribution in [-0.2, 0) is 9.59 Å². The molecule has 1 amide bonds. The Labute approximate surface area is 117 Å². The molecule has 0 heterocycles. The van der Waals surface area contributed by atoms with E-state index in [9.17, 15) is 9.59 Å². The standard InChI is InChI=1S/C14H19NO5/c1-9-3-4-11(7-10(9)2)20-8-13(17)15-12(5-6-16)14(18)19/h3-4,7,12,16H,5-6,8H2,1-2H3,(H,15,17)(H,18,19). The zero-order valence-corrected chi connectivity index (χ0v) is 11.5. The first-order valence-electron chi connectivity index (χ1n) is 6.27. The Morgan fingerprint density at radius 2 is 2.00 bits per heavy atom. The molecular weight excluding hydrogens is 262 g/mol. The van der Waals surface area contributed by atoms with Crippen molar-refractivity contribution in [2.24, 2.45) is 0 Å². The van der Waals surface area contributed by atoms with Crippen LogP contribution in [0, 0.1) is 13.8 Å². The lowest BCUT2D eigenvalue weighted by molar-refractivity contribution is -0.142. The highest BCUT2D eigenvalue weighted by molar-refractivity contribution is 5.84. The molecule has 1 unspecified atom stereocenters. The van der Waals surface area contributed by atoms with Gasteiger partial charge in [-0.2, -0.15) is 0 Å². The molecule has 0 spiro atoms. The second kappa shape index (κ2) is 7.49. The second-order valence-corrected chi connectivity index (χ2v) is 4.51. The Bertz CT molecular complexity index is 486. The van der Waals surface area contributed by atoms with Crippen LogP contribution < -0.4 is 10.1 Å². The highest BCUT2D eigenvalue weighted by atomic mass is 16.5. The average Bonchev–Trinajstić information content (AvgIpc) is 2.39. The molecule has 0 bridgehead atoms. The summed E-state index contributed by atoms with van der Waals surface area (Å²) in [5.74, 6) is -1.17. The summed E-state index contributed by atoms with van der Waals surface area (Å²) in [5, 5.41) is 19.8. The summed E-state index contributed by atoms with van der Waals surface area (Å²) in [6.45, 7) is 3.33. The minimum absolute atomic E-state index is 0.0370. The number of carbonyl (C=O) groups is 2. The number of nitrogens with one attached hydrogen (secondary N) is 1. The topological polar surface area (TPSA) is 95.9 Å². The Hall–Kier alpha value is -2.08. The molecule has 1 aromatic rings. The summed E-state index contributed by atoms with van der Waals surface area (Å²) < 4.78 is 5.29. The maximum absolute atomic E-state index is 11.6. The molecule has 0 aliphatic heterocycles. The van der Waals surface area contributed by atoms with Crippen LogP contribution in [0.2, 0.25) is 0 Å². The minimum atomic E-state index is -1.18. The van der Waals surface area contributed by atoms with Gasteiger partial charge >= 0.3 is 5.97 Å². The van der Waals surface area contributed by atoms with Crippen molar-refractivity contribution in [3.8, 4) is 5.75 Å². The molecule has 0 saturated heterocycles. The molecule has 110 valence electrons. The monoisotopic (exact) mass is 281 g/mol. The van der Waals surface area contributed by atoms with Crippen LogP contribution in [0.1, 0.15) is 17.5 Å². The van der Waals surface area contributed by atoms with Crippen LogP contribution in [-0.4, -0.2) is 41.3 Å². The predicted octanol–water partition coefficient (Wildman–Crippen LogP) is 0.634. The number of carboxylic acid groups (broad SMARTS) is 1. The summed E-state index contributed by atoms with van der Waals surface area (Å²) in [7, 11) is 0. The Morgan fingerprint density at radius 3 is 2.55 bits per heavy atom. The molecule has 1 atom stereocenters. The number of aliphatic hydroxyl groups is 1. The van der Waals surface area contributed by atoms with Gasteiger partial charge in [0, 0.05) is 13.0 Å². The van der Waals surface area contributed by atoms with Gasteiger partial charge in [0.2, 0.25) is 0 Å². The zero-order valence-electron chi connectivity index (χ0n) is 11.5. The summed E-state index contributed by atoms with van der Waals surface area (Å²) >= 11 is 0. The smallest absolute Gasteiger partial charge is 0.326 e. The first kappa shape index (κ1) is 16.0. The molecule has 20 heavy (non-hydrogen) atoms. The van der Waals surface area contributed by atoms with Gasteiger partial charge in [-0.1, -0.05) is 6.07 Å². The molecule has 6 nitrogen and oxygen atoms in total. The van der Waals surface area contributed by atoms with Crippen LogP contribution in [0.3, 0.4) is 0 Å². The zero-order chi connectivity index (χ0) is 15.1. The first-order valence-corrected chi connectivity index (χ1v) is 6.27. The predicted molar refractivity (Wildman–Crippen MR) is 72.7 cm³/mol. The van der Waals surface area contributed by atoms with Crippen molar-refractivity contribution in [2.75, 3.05) is 13.2 Å². The first-order chi connectivity index (χ1) is 9.43. The molecule has 1 rings (SSSR count). The van der Waals surface area contributed by atoms with Crippen LogP contribution in [0.15, 0.2) is 18.2 Å². The maximum atomic E-state index is 11.6. The number of aliphatic hydroxyl groups excluding tert-OH is 1. The van der Waals surface area contributed by atoms with Gasteiger partial charge in [-0.05, 0) is 37.1 Å². The van der Waals surface area contributed by atoms with Gasteiger partial charge < -0.3 is 20.3 Å². The number of hydrogen-bond acceptors (Lipinski definition) is 4. The molecule has 0 aromatic heterocycles. The van der Waals surface area contributed by atoms with E-state index in [-0.39, 0.29) is 19.6 Å². The minimum Gasteiger partial charge on any atom is -0.484 e. The van der Waals surface area contributed by atoms with E-state index < -0.39 is 17.9 Å². The van der Waals surface area contributed by atoms with E-state index >= 15 is 0 Å². The number of carbonyl (C=O) groups excluding carboxylic acids is 1. The van der Waals surface area contributed by atoms with E-state index in [2.05, 4.69) is 5.32 Å². The molecular formula is C14H19NO5. The number of aryl methyl sites for hydroxylation is 2. The van der Waals surface area contributed by atoms with E-state index in [1.54, 1.807) is 6.07 Å². The Kier molecular flexibility index (Phi) is 5.99. The van der Waals surface area contributed by atoms with E-state index in [4.69, 9.17) is 14.9 Å². The Morgan fingerprint density at radius 1 is 1.30 bits per heavy atom. The highest BCUT2D eigenvalue weighted by Crippen LogP contribution is 2.16. The summed E-state index contributed by atoms with van der Waals surface area (Å²) in [4.78, 5) is 22.4. The van der Waals surface area contributed by atoms with Crippen molar-refractivity contribution in [3.05, 3.63) is 29.3 Å². The molecule has 0 radical (unpaired) electrons. The van der Waals surface area contributed by atoms with Gasteiger partial charge in [0.25, 0.3) is 5.91 Å². The maximum Gasteiger partial charge on any atom is 0.326 e. The van der Waals surface area contributed by atoms with E-state index in [0.29, 0.717) is 5.75 Å². The number of benzene rings is 1. The van der Waals surface area contributed by atoms with Crippen molar-refractivity contribution in [1.29, 1.82) is 0 Å². The lowest BCUT2D eigenvalue weighted by atomic mass is 10.1. The highest BCUT2D eigenvalue weighted by Gasteiger charge is 2.19. The third-order valence-electron chi connectivity index (χ3n) is 2.90. The van der Waals surface area contributed by atoms with E-state index in [1.165, 1.54) is 0 Å². The lowest BCUT2D eigenvalue weighted by Crippen LogP contribution is -2.43. The van der Waals surface area contributed by atoms with Gasteiger partial charge in [0.15, 0.2) is 6.61 Å². The van der Waals surface area contributed by atoms with Gasteiger partial charge in [0.1, 0.15) is 11.8 Å². The van der Waals surface area contributed by atoms with E-state index in [0.717, 1.165) is 11.1 Å². The second-order valence-electron chi connectivity index (χ2n) is 4.51. The number of rotatable bonds is 7. The summed E-state index contributed by atoms with van der Waals surface area (Å²) in [5.41, 5.74) is 2.17. The third kappa shape index (κ3) is 4.89. The van der Waals surface area contributed by atoms with Gasteiger partial charge in [0.05, 0.1) is 0 Å². The summed E-state index contributed by atoms with van der Waals surface area (Å²) in [6.07, 6.45) is -0.0370.